The molecule has 2 fully saturated rings. The number of hydrogen-bond donors (Lipinski definition) is 1. The molecule has 2 aliphatic rings. The van der Waals surface area contributed by atoms with Crippen molar-refractivity contribution in [3.05, 3.63) is 18.0 Å². The molecule has 3 unspecified atom stereocenters. The maximum Gasteiger partial charge on any atom is 0.244 e. The largest absolute Gasteiger partial charge is 0.339 e. The van der Waals surface area contributed by atoms with Crippen LogP contribution in [0.2, 0.25) is 0 Å². The van der Waals surface area contributed by atoms with Gasteiger partial charge in [0.1, 0.15) is 6.04 Å². The number of nitrogens with zero attached hydrogens (tertiary/aromatic N) is 4. The van der Waals surface area contributed by atoms with Gasteiger partial charge in [0.25, 0.3) is 0 Å². The third-order valence-electron chi connectivity index (χ3n) is 4.81. The molecule has 2 aliphatic heterocycles. The number of carbonyl (C=O) groups is 1. The van der Waals surface area contributed by atoms with Crippen LogP contribution in [0.1, 0.15) is 30.9 Å². The number of carbonyl (C=O) groups excluding carboxylic acids is 1. The van der Waals surface area contributed by atoms with Crippen LogP contribution in [0.25, 0.3) is 0 Å². The molecule has 3 heterocycles. The van der Waals surface area contributed by atoms with Crippen LogP contribution >= 0.6 is 0 Å². The van der Waals surface area contributed by atoms with E-state index in [1.807, 2.05) is 18.1 Å². The summed E-state index contributed by atoms with van der Waals surface area (Å²) in [5.41, 5.74) is 6.90. The summed E-state index contributed by atoms with van der Waals surface area (Å²) in [7, 11) is 4.01. The molecule has 6 nitrogen and oxygen atoms in total. The summed E-state index contributed by atoms with van der Waals surface area (Å²) in [6, 6.07) is 0.533. The van der Waals surface area contributed by atoms with Crippen molar-refractivity contribution >= 4 is 5.91 Å². The fraction of sp³-hybridized carbons (Fsp3) is 0.714. The third-order valence-corrected chi connectivity index (χ3v) is 4.81. The Labute approximate surface area is 119 Å². The number of nitrogens with two attached hydrogens (primary N) is 1. The number of aromatic nitrogens is 2. The van der Waals surface area contributed by atoms with Gasteiger partial charge in [0.15, 0.2) is 0 Å². The predicted octanol–water partition coefficient (Wildman–Crippen LogP) is 0.115. The molecule has 3 atom stereocenters. The normalized spacial score (nSPS) is 28.4. The molecule has 2 N–H and O–H groups in total. The third kappa shape index (κ3) is 2.33. The fourth-order valence-electron chi connectivity index (χ4n) is 3.45. The first-order valence-electron chi connectivity index (χ1n) is 7.31. The van der Waals surface area contributed by atoms with Gasteiger partial charge in [0.05, 0.1) is 6.20 Å². The van der Waals surface area contributed by atoms with E-state index in [0.717, 1.165) is 25.1 Å². The molecule has 0 spiro atoms. The molecule has 1 amide bonds. The molecular formula is C14H23N5O. The second-order valence-electron chi connectivity index (χ2n) is 6.05. The smallest absolute Gasteiger partial charge is 0.244 e. The van der Waals surface area contributed by atoms with Crippen molar-refractivity contribution < 1.29 is 4.79 Å². The van der Waals surface area contributed by atoms with E-state index in [9.17, 15) is 4.79 Å². The lowest BCUT2D eigenvalue weighted by molar-refractivity contribution is -0.133. The average Bonchev–Trinajstić information content (AvgIpc) is 2.93. The summed E-state index contributed by atoms with van der Waals surface area (Å²) in [5, 5.41) is 4.09. The van der Waals surface area contributed by atoms with E-state index in [-0.39, 0.29) is 5.91 Å². The van der Waals surface area contributed by atoms with E-state index in [4.69, 9.17) is 5.73 Å². The molecule has 3 rings (SSSR count). The molecule has 1 aromatic heterocycles. The minimum atomic E-state index is -0.592. The molecule has 20 heavy (non-hydrogen) atoms. The molecule has 0 aliphatic carbocycles. The molecule has 6 heteroatoms. The second kappa shape index (κ2) is 5.18. The summed E-state index contributed by atoms with van der Waals surface area (Å²) < 4.78 is 1.68. The Morgan fingerprint density at radius 1 is 1.35 bits per heavy atom. The van der Waals surface area contributed by atoms with E-state index >= 15 is 0 Å². The van der Waals surface area contributed by atoms with Crippen molar-refractivity contribution in [3.63, 3.8) is 0 Å². The number of aryl methyl sites for hydroxylation is 1. The van der Waals surface area contributed by atoms with Crippen molar-refractivity contribution in [1.82, 2.24) is 19.6 Å². The van der Waals surface area contributed by atoms with Gasteiger partial charge in [-0.15, -0.1) is 0 Å². The monoisotopic (exact) mass is 277 g/mol. The number of likely N-dealkylation sites (tertiary alicyclic amines) is 1. The van der Waals surface area contributed by atoms with Gasteiger partial charge in [0, 0.05) is 44.0 Å². The van der Waals surface area contributed by atoms with Crippen LogP contribution in [0.4, 0.5) is 0 Å². The first kappa shape index (κ1) is 13.6. The van der Waals surface area contributed by atoms with Crippen LogP contribution in [0.15, 0.2) is 12.4 Å². The van der Waals surface area contributed by atoms with Crippen LogP contribution in [-0.4, -0.2) is 57.7 Å². The van der Waals surface area contributed by atoms with Gasteiger partial charge in [-0.3, -0.25) is 14.4 Å². The molecule has 0 radical (unpaired) electrons. The number of amides is 1. The van der Waals surface area contributed by atoms with Crippen molar-refractivity contribution in [1.29, 1.82) is 0 Å². The number of rotatable bonds is 2. The van der Waals surface area contributed by atoms with Crippen molar-refractivity contribution in [2.75, 3.05) is 20.1 Å². The summed E-state index contributed by atoms with van der Waals surface area (Å²) >= 11 is 0. The van der Waals surface area contributed by atoms with E-state index in [0.29, 0.717) is 12.1 Å². The van der Waals surface area contributed by atoms with E-state index in [1.54, 1.807) is 10.9 Å². The quantitative estimate of drug-likeness (QED) is 0.833. The minimum absolute atomic E-state index is 0.0268. The maximum absolute atomic E-state index is 12.6. The van der Waals surface area contributed by atoms with Crippen molar-refractivity contribution in [2.24, 2.45) is 12.8 Å². The first-order chi connectivity index (χ1) is 9.56. The maximum atomic E-state index is 12.6. The molecular weight excluding hydrogens is 254 g/mol. The summed E-state index contributed by atoms with van der Waals surface area (Å²) in [4.78, 5) is 17.0. The summed E-state index contributed by atoms with van der Waals surface area (Å²) in [6.45, 7) is 1.62. The average molecular weight is 277 g/mol. The SMILES string of the molecule is CN1C2CCC1CN(C(=O)C(N)c1cnn(C)c1)CC2. The Morgan fingerprint density at radius 3 is 2.80 bits per heavy atom. The zero-order chi connectivity index (χ0) is 14.3. The van der Waals surface area contributed by atoms with Crippen LogP contribution in [0.5, 0.6) is 0 Å². The summed E-state index contributed by atoms with van der Waals surface area (Å²) in [5.74, 6) is 0.0268. The lowest BCUT2D eigenvalue weighted by Crippen LogP contribution is -2.43. The van der Waals surface area contributed by atoms with E-state index in [1.165, 1.54) is 12.8 Å². The Bertz CT molecular complexity index is 500. The van der Waals surface area contributed by atoms with Crippen LogP contribution < -0.4 is 5.73 Å². The number of fused-ring (bicyclic) bond motifs is 2. The highest BCUT2D eigenvalue weighted by Gasteiger charge is 2.37. The fourth-order valence-corrected chi connectivity index (χ4v) is 3.45. The standard InChI is InChI=1S/C14H23N5O/c1-17-8-10(7-16-17)13(15)14(20)19-6-5-11-3-4-12(9-19)18(11)2/h7-8,11-13H,3-6,9,15H2,1-2H3. The lowest BCUT2D eigenvalue weighted by atomic mass is 10.1. The topological polar surface area (TPSA) is 67.4 Å². The van der Waals surface area contributed by atoms with Crippen LogP contribution in [0.3, 0.4) is 0 Å². The number of likely N-dealkylation sites (N-methyl/N-ethyl adjacent to an activating group) is 1. The van der Waals surface area contributed by atoms with Gasteiger partial charge in [-0.05, 0) is 26.3 Å². The van der Waals surface area contributed by atoms with Gasteiger partial charge < -0.3 is 10.6 Å². The molecule has 2 saturated heterocycles. The predicted molar refractivity (Wildman–Crippen MR) is 75.9 cm³/mol. The Balaban J connectivity index is 1.71. The zero-order valence-electron chi connectivity index (χ0n) is 12.2. The lowest BCUT2D eigenvalue weighted by Gasteiger charge is -2.27. The highest BCUT2D eigenvalue weighted by molar-refractivity contribution is 5.83. The molecule has 0 aromatic carbocycles. The van der Waals surface area contributed by atoms with Gasteiger partial charge >= 0.3 is 0 Å². The van der Waals surface area contributed by atoms with Crippen LogP contribution in [0, 0.1) is 0 Å². The Kier molecular flexibility index (Phi) is 3.52. The van der Waals surface area contributed by atoms with Gasteiger partial charge in [-0.1, -0.05) is 0 Å². The van der Waals surface area contributed by atoms with Crippen LogP contribution in [-0.2, 0) is 11.8 Å². The zero-order valence-corrected chi connectivity index (χ0v) is 12.2. The van der Waals surface area contributed by atoms with E-state index in [2.05, 4.69) is 17.0 Å². The summed E-state index contributed by atoms with van der Waals surface area (Å²) in [6.07, 6.45) is 7.00. The van der Waals surface area contributed by atoms with E-state index < -0.39 is 6.04 Å². The van der Waals surface area contributed by atoms with Crippen molar-refractivity contribution in [2.45, 2.75) is 37.4 Å². The minimum Gasteiger partial charge on any atom is -0.339 e. The first-order valence-corrected chi connectivity index (χ1v) is 7.31. The highest BCUT2D eigenvalue weighted by atomic mass is 16.2. The second-order valence-corrected chi connectivity index (χ2v) is 6.05. The molecule has 110 valence electrons. The molecule has 2 bridgehead atoms. The Morgan fingerprint density at radius 2 is 2.10 bits per heavy atom. The molecule has 0 saturated carbocycles. The van der Waals surface area contributed by atoms with Gasteiger partial charge in [-0.2, -0.15) is 5.10 Å². The Hall–Kier alpha value is -1.40. The van der Waals surface area contributed by atoms with Gasteiger partial charge in [0.2, 0.25) is 5.91 Å². The van der Waals surface area contributed by atoms with Gasteiger partial charge in [-0.25, -0.2) is 0 Å². The van der Waals surface area contributed by atoms with Crippen molar-refractivity contribution in [3.8, 4) is 0 Å². The molecule has 1 aromatic rings. The number of hydrogen-bond acceptors (Lipinski definition) is 4. The highest BCUT2D eigenvalue weighted by Crippen LogP contribution is 2.29.